The molecule has 31 heavy (non-hydrogen) atoms. The number of anilines is 1. The number of piperazine rings is 1. The molecule has 1 aliphatic heterocycles. The van der Waals surface area contributed by atoms with E-state index in [-0.39, 0.29) is 5.91 Å². The minimum absolute atomic E-state index is 0.0883. The smallest absolute Gasteiger partial charge is 0.262 e. The van der Waals surface area contributed by atoms with Gasteiger partial charge in [-0.05, 0) is 30.7 Å². The quantitative estimate of drug-likeness (QED) is 0.444. The van der Waals surface area contributed by atoms with Gasteiger partial charge in [-0.1, -0.05) is 47.2 Å². The van der Waals surface area contributed by atoms with Crippen LogP contribution in [0.3, 0.4) is 0 Å². The number of thiazole rings is 1. The highest BCUT2D eigenvalue weighted by Gasteiger charge is 2.21. The summed E-state index contributed by atoms with van der Waals surface area (Å²) in [5, 5.41) is 5.64. The SMILES string of the molecule is Cc1ccc2nc(N3CCN(CCNC(=O)c4sc5ccccc5c4Cl)CC3)sc2c1. The number of carbonyl (C=O) groups excluding carboxylic acids is 1. The average molecular weight is 471 g/mol. The van der Waals surface area contributed by atoms with Crippen LogP contribution in [-0.4, -0.2) is 55.1 Å². The molecule has 4 aromatic rings. The summed E-state index contributed by atoms with van der Waals surface area (Å²) in [6.07, 6.45) is 0. The maximum Gasteiger partial charge on any atom is 0.262 e. The molecule has 2 aromatic carbocycles. The molecule has 0 bridgehead atoms. The number of nitrogens with one attached hydrogen (secondary N) is 1. The van der Waals surface area contributed by atoms with E-state index in [0.29, 0.717) is 16.4 Å². The molecular weight excluding hydrogens is 448 g/mol. The summed E-state index contributed by atoms with van der Waals surface area (Å²) in [6.45, 7) is 7.41. The second kappa shape index (κ2) is 8.74. The molecule has 1 amide bonds. The van der Waals surface area contributed by atoms with Crippen LogP contribution in [0.1, 0.15) is 15.2 Å². The number of aromatic nitrogens is 1. The zero-order chi connectivity index (χ0) is 21.4. The molecule has 160 valence electrons. The lowest BCUT2D eigenvalue weighted by Crippen LogP contribution is -2.48. The summed E-state index contributed by atoms with van der Waals surface area (Å²) in [4.78, 5) is 22.8. The van der Waals surface area contributed by atoms with Gasteiger partial charge >= 0.3 is 0 Å². The number of hydrogen-bond acceptors (Lipinski definition) is 6. The van der Waals surface area contributed by atoms with E-state index in [1.807, 2.05) is 24.3 Å². The molecule has 2 aromatic heterocycles. The van der Waals surface area contributed by atoms with Crippen molar-refractivity contribution < 1.29 is 4.79 Å². The third-order valence-corrected chi connectivity index (χ3v) is 8.38. The number of aryl methyl sites for hydroxylation is 1. The van der Waals surface area contributed by atoms with E-state index in [4.69, 9.17) is 16.6 Å². The molecule has 0 spiro atoms. The van der Waals surface area contributed by atoms with E-state index >= 15 is 0 Å². The van der Waals surface area contributed by atoms with Gasteiger partial charge in [0.2, 0.25) is 0 Å². The first kappa shape index (κ1) is 20.7. The normalized spacial score (nSPS) is 15.1. The molecule has 8 heteroatoms. The van der Waals surface area contributed by atoms with Gasteiger partial charge in [-0.2, -0.15) is 0 Å². The van der Waals surface area contributed by atoms with Crippen molar-refractivity contribution in [1.29, 1.82) is 0 Å². The predicted octanol–water partition coefficient (Wildman–Crippen LogP) is 5.02. The summed E-state index contributed by atoms with van der Waals surface area (Å²) in [5.41, 5.74) is 2.35. The van der Waals surface area contributed by atoms with Gasteiger partial charge in [0.25, 0.3) is 5.91 Å². The van der Waals surface area contributed by atoms with Crippen molar-refractivity contribution >= 4 is 65.6 Å². The largest absolute Gasteiger partial charge is 0.350 e. The fourth-order valence-electron chi connectivity index (χ4n) is 3.89. The van der Waals surface area contributed by atoms with Crippen molar-refractivity contribution in [3.63, 3.8) is 0 Å². The second-order valence-electron chi connectivity index (χ2n) is 7.79. The van der Waals surface area contributed by atoms with Crippen molar-refractivity contribution in [2.75, 3.05) is 44.2 Å². The molecule has 0 atom stereocenters. The molecule has 3 heterocycles. The van der Waals surface area contributed by atoms with Crippen LogP contribution in [0, 0.1) is 6.92 Å². The van der Waals surface area contributed by atoms with Crippen LogP contribution < -0.4 is 10.2 Å². The van der Waals surface area contributed by atoms with Crippen molar-refractivity contribution in [3.8, 4) is 0 Å². The first-order valence-corrected chi connectivity index (χ1v) is 12.4. The van der Waals surface area contributed by atoms with Gasteiger partial charge in [0.1, 0.15) is 4.88 Å². The highest BCUT2D eigenvalue weighted by molar-refractivity contribution is 7.22. The number of carbonyl (C=O) groups is 1. The van der Waals surface area contributed by atoms with Crippen LogP contribution in [0.15, 0.2) is 42.5 Å². The van der Waals surface area contributed by atoms with Gasteiger partial charge < -0.3 is 10.2 Å². The number of amides is 1. The third-order valence-electron chi connectivity index (χ3n) is 5.63. The van der Waals surface area contributed by atoms with Crippen LogP contribution in [-0.2, 0) is 0 Å². The van der Waals surface area contributed by atoms with Crippen LogP contribution in [0.5, 0.6) is 0 Å². The number of rotatable bonds is 5. The second-order valence-corrected chi connectivity index (χ2v) is 10.2. The number of hydrogen-bond donors (Lipinski definition) is 1. The molecule has 1 fully saturated rings. The zero-order valence-corrected chi connectivity index (χ0v) is 19.6. The molecular formula is C23H23ClN4OS2. The van der Waals surface area contributed by atoms with Crippen molar-refractivity contribution in [1.82, 2.24) is 15.2 Å². The summed E-state index contributed by atoms with van der Waals surface area (Å²) >= 11 is 9.64. The highest BCUT2D eigenvalue weighted by atomic mass is 35.5. The van der Waals surface area contributed by atoms with Crippen LogP contribution in [0.2, 0.25) is 5.02 Å². The number of nitrogens with zero attached hydrogens (tertiary/aromatic N) is 3. The Morgan fingerprint density at radius 3 is 2.71 bits per heavy atom. The number of thiophene rings is 1. The molecule has 5 rings (SSSR count). The summed E-state index contributed by atoms with van der Waals surface area (Å²) in [6, 6.07) is 14.3. The van der Waals surface area contributed by atoms with Crippen LogP contribution in [0.4, 0.5) is 5.13 Å². The van der Waals surface area contributed by atoms with Gasteiger partial charge in [-0.3, -0.25) is 9.69 Å². The maximum atomic E-state index is 12.6. The number of halogens is 1. The van der Waals surface area contributed by atoms with Crippen molar-refractivity contribution in [2.24, 2.45) is 0 Å². The Balaban J connectivity index is 1.13. The molecule has 0 radical (unpaired) electrons. The number of benzene rings is 2. The molecule has 5 nitrogen and oxygen atoms in total. The van der Waals surface area contributed by atoms with E-state index in [0.717, 1.165) is 53.5 Å². The lowest BCUT2D eigenvalue weighted by atomic mass is 10.2. The molecule has 1 N–H and O–H groups in total. The van der Waals surface area contributed by atoms with Gasteiger partial charge in [0, 0.05) is 49.4 Å². The van der Waals surface area contributed by atoms with Crippen LogP contribution >= 0.6 is 34.3 Å². The highest BCUT2D eigenvalue weighted by Crippen LogP contribution is 2.35. The molecule has 0 saturated carbocycles. The van der Waals surface area contributed by atoms with E-state index in [9.17, 15) is 4.79 Å². The van der Waals surface area contributed by atoms with Crippen molar-refractivity contribution in [3.05, 3.63) is 57.9 Å². The minimum Gasteiger partial charge on any atom is -0.350 e. The lowest BCUT2D eigenvalue weighted by molar-refractivity contribution is 0.0952. The summed E-state index contributed by atoms with van der Waals surface area (Å²) < 4.78 is 2.29. The first-order valence-electron chi connectivity index (χ1n) is 10.4. The fourth-order valence-corrected chi connectivity index (χ4v) is 6.43. The Hall–Kier alpha value is -2.19. The Morgan fingerprint density at radius 2 is 1.90 bits per heavy atom. The van der Waals surface area contributed by atoms with Gasteiger partial charge in [0.05, 0.1) is 15.2 Å². The molecule has 0 unspecified atom stereocenters. The van der Waals surface area contributed by atoms with Gasteiger partial charge in [-0.15, -0.1) is 11.3 Å². The molecule has 1 saturated heterocycles. The van der Waals surface area contributed by atoms with Crippen LogP contribution in [0.25, 0.3) is 20.3 Å². The topological polar surface area (TPSA) is 48.5 Å². The summed E-state index contributed by atoms with van der Waals surface area (Å²) in [5.74, 6) is -0.0883. The molecule has 0 aliphatic carbocycles. The monoisotopic (exact) mass is 470 g/mol. The predicted molar refractivity (Wildman–Crippen MR) is 132 cm³/mol. The average Bonchev–Trinajstić information content (AvgIpc) is 3.35. The Labute approximate surface area is 194 Å². The third kappa shape index (κ3) is 4.28. The van der Waals surface area contributed by atoms with E-state index in [1.165, 1.54) is 21.6 Å². The Bertz CT molecular complexity index is 1240. The Morgan fingerprint density at radius 1 is 1.10 bits per heavy atom. The van der Waals surface area contributed by atoms with Gasteiger partial charge in [-0.25, -0.2) is 4.98 Å². The van der Waals surface area contributed by atoms with Crippen molar-refractivity contribution in [2.45, 2.75) is 6.92 Å². The first-order chi connectivity index (χ1) is 15.1. The van der Waals surface area contributed by atoms with E-state index < -0.39 is 0 Å². The molecule has 1 aliphatic rings. The minimum atomic E-state index is -0.0883. The Kier molecular flexibility index (Phi) is 5.84. The maximum absolute atomic E-state index is 12.6. The summed E-state index contributed by atoms with van der Waals surface area (Å²) in [7, 11) is 0. The van der Waals surface area contributed by atoms with Gasteiger partial charge in [0.15, 0.2) is 5.13 Å². The number of fused-ring (bicyclic) bond motifs is 2. The van der Waals surface area contributed by atoms with E-state index in [2.05, 4.69) is 40.2 Å². The van der Waals surface area contributed by atoms with E-state index in [1.54, 1.807) is 11.3 Å². The lowest BCUT2D eigenvalue weighted by Gasteiger charge is -2.34. The standard InChI is InChI=1S/C23H23ClN4OS2/c1-15-6-7-17-19(14-15)31-23(26-17)28-12-10-27(11-13-28)9-8-25-22(29)21-20(24)16-4-2-3-5-18(16)30-21/h2-7,14H,8-13H2,1H3,(H,25,29). The fraction of sp³-hybridized carbons (Fsp3) is 0.304. The zero-order valence-electron chi connectivity index (χ0n) is 17.2.